The summed E-state index contributed by atoms with van der Waals surface area (Å²) in [4.78, 5) is 23.9. The Morgan fingerprint density at radius 2 is 2.07 bits per heavy atom. The van der Waals surface area contributed by atoms with Gasteiger partial charge in [0.15, 0.2) is 11.3 Å². The molecule has 1 aliphatic heterocycles. The van der Waals surface area contributed by atoms with Gasteiger partial charge in [0.05, 0.1) is 0 Å². The molecule has 2 aliphatic carbocycles. The monoisotopic (exact) mass is 483 g/mol. The highest BCUT2D eigenvalue weighted by atomic mass is 79.9. The average molecular weight is 484 g/mol. The zero-order valence-electron chi connectivity index (χ0n) is 16.6. The third-order valence-corrected chi connectivity index (χ3v) is 6.89. The van der Waals surface area contributed by atoms with E-state index < -0.39 is 23.3 Å². The lowest BCUT2D eigenvalue weighted by molar-refractivity contribution is -0.128. The van der Waals surface area contributed by atoms with E-state index >= 15 is 0 Å². The number of carbonyl (C=O) groups excluding carboxylic acids is 2. The van der Waals surface area contributed by atoms with Crippen LogP contribution in [0.2, 0.25) is 0 Å². The summed E-state index contributed by atoms with van der Waals surface area (Å²) in [6.07, 6.45) is 3.42. The Morgan fingerprint density at radius 1 is 1.37 bits per heavy atom. The van der Waals surface area contributed by atoms with Crippen LogP contribution in [0.25, 0.3) is 0 Å². The molecule has 0 unspecified atom stereocenters. The molecule has 1 aromatic carbocycles. The molecule has 2 saturated carbocycles. The summed E-state index contributed by atoms with van der Waals surface area (Å²) in [6.45, 7) is 1.89. The van der Waals surface area contributed by atoms with Gasteiger partial charge >= 0.3 is 6.09 Å². The standard InChI is InChI=1S/C21H24BrF2N3O3/c1-12(25-18(28)20(24)8-9-20)10-13-4-6-21(7-5-13)17(26-27-19(29)30-21)15-3-2-14(23)11-16(15)22/h2-3,11-13H,4-10H2,1H3,(H,25,28)(H,27,29)/t12-,13?,21?/m0/s1. The van der Waals surface area contributed by atoms with Crippen LogP contribution in [0.4, 0.5) is 13.6 Å². The van der Waals surface area contributed by atoms with Gasteiger partial charge in [0.2, 0.25) is 0 Å². The van der Waals surface area contributed by atoms with Gasteiger partial charge in [-0.15, -0.1) is 0 Å². The van der Waals surface area contributed by atoms with Crippen molar-refractivity contribution in [2.75, 3.05) is 0 Å². The minimum Gasteiger partial charge on any atom is -0.435 e. The summed E-state index contributed by atoms with van der Waals surface area (Å²) in [5.74, 6) is -0.570. The normalized spacial score (nSPS) is 28.2. The van der Waals surface area contributed by atoms with E-state index in [-0.39, 0.29) is 11.9 Å². The molecule has 3 aliphatic rings. The maximum Gasteiger partial charge on any atom is 0.428 e. The summed E-state index contributed by atoms with van der Waals surface area (Å²) < 4.78 is 33.7. The summed E-state index contributed by atoms with van der Waals surface area (Å²) in [7, 11) is 0. The Hall–Kier alpha value is -2.03. The van der Waals surface area contributed by atoms with E-state index in [0.717, 1.165) is 19.3 Å². The Labute approximate surface area is 181 Å². The van der Waals surface area contributed by atoms with E-state index in [2.05, 4.69) is 31.8 Å². The number of hydrogen-bond acceptors (Lipinski definition) is 4. The zero-order chi connectivity index (χ0) is 21.5. The van der Waals surface area contributed by atoms with Crippen LogP contribution in [-0.2, 0) is 9.53 Å². The van der Waals surface area contributed by atoms with Crippen molar-refractivity contribution in [1.82, 2.24) is 10.7 Å². The van der Waals surface area contributed by atoms with Crippen LogP contribution in [0.3, 0.4) is 0 Å². The van der Waals surface area contributed by atoms with Crippen molar-refractivity contribution in [3.63, 3.8) is 0 Å². The van der Waals surface area contributed by atoms with Gasteiger partial charge in [-0.3, -0.25) is 4.79 Å². The first-order chi connectivity index (χ1) is 14.2. The lowest BCUT2D eigenvalue weighted by Gasteiger charge is -2.42. The number of amides is 2. The number of hydrazone groups is 1. The average Bonchev–Trinajstić information content (AvgIpc) is 3.44. The number of hydrogen-bond donors (Lipinski definition) is 2. The summed E-state index contributed by atoms with van der Waals surface area (Å²) in [5, 5.41) is 7.03. The molecule has 0 bridgehead atoms. The lowest BCUT2D eigenvalue weighted by atomic mass is 9.73. The van der Waals surface area contributed by atoms with E-state index in [0.29, 0.717) is 47.3 Å². The second kappa shape index (κ2) is 7.90. The quantitative estimate of drug-likeness (QED) is 0.652. The molecule has 162 valence electrons. The highest BCUT2D eigenvalue weighted by Crippen LogP contribution is 2.42. The number of nitrogens with zero attached hydrogens (tertiary/aromatic N) is 1. The number of carbonyl (C=O) groups is 2. The third-order valence-electron chi connectivity index (χ3n) is 6.24. The van der Waals surface area contributed by atoms with E-state index in [1.165, 1.54) is 12.1 Å². The van der Waals surface area contributed by atoms with Gasteiger partial charge in [-0.05, 0) is 76.0 Å². The maximum atomic E-state index is 13.9. The van der Waals surface area contributed by atoms with Crippen molar-refractivity contribution in [3.8, 4) is 0 Å². The molecule has 2 N–H and O–H groups in total. The predicted octanol–water partition coefficient (Wildman–Crippen LogP) is 4.36. The summed E-state index contributed by atoms with van der Waals surface area (Å²) in [5.41, 5.74) is 1.07. The van der Waals surface area contributed by atoms with Crippen LogP contribution in [0.1, 0.15) is 57.4 Å². The Morgan fingerprint density at radius 3 is 2.70 bits per heavy atom. The Kier molecular flexibility index (Phi) is 5.59. The second-order valence-electron chi connectivity index (χ2n) is 8.60. The SMILES string of the molecule is C[C@@H](CC1CCC2(CC1)OC(=O)NN=C2c1ccc(F)cc1Br)NC(=O)C1(F)CC1. The largest absolute Gasteiger partial charge is 0.435 e. The highest BCUT2D eigenvalue weighted by Gasteiger charge is 2.51. The maximum absolute atomic E-state index is 13.9. The Bertz CT molecular complexity index is 895. The summed E-state index contributed by atoms with van der Waals surface area (Å²) in [6, 6.07) is 4.20. The van der Waals surface area contributed by atoms with Gasteiger partial charge in [-0.2, -0.15) is 5.10 Å². The zero-order valence-corrected chi connectivity index (χ0v) is 18.2. The van der Waals surface area contributed by atoms with Crippen LogP contribution in [0.5, 0.6) is 0 Å². The topological polar surface area (TPSA) is 79.8 Å². The highest BCUT2D eigenvalue weighted by molar-refractivity contribution is 9.10. The molecule has 1 heterocycles. The van der Waals surface area contributed by atoms with Crippen LogP contribution in [0, 0.1) is 11.7 Å². The molecule has 0 aromatic heterocycles. The van der Waals surface area contributed by atoms with E-state index in [9.17, 15) is 18.4 Å². The molecule has 2 amide bonds. The number of ether oxygens (including phenoxy) is 1. The van der Waals surface area contributed by atoms with Crippen molar-refractivity contribution in [2.24, 2.45) is 11.0 Å². The van der Waals surface area contributed by atoms with E-state index in [1.807, 2.05) is 6.92 Å². The minimum atomic E-state index is -1.66. The smallest absolute Gasteiger partial charge is 0.428 e. The number of alkyl halides is 1. The molecule has 1 spiro atoms. The van der Waals surface area contributed by atoms with E-state index in [1.54, 1.807) is 6.07 Å². The van der Waals surface area contributed by atoms with Gasteiger partial charge in [-0.1, -0.05) is 15.9 Å². The number of halogens is 3. The molecule has 9 heteroatoms. The number of benzene rings is 1. The Balaban J connectivity index is 1.43. The first-order valence-corrected chi connectivity index (χ1v) is 11.0. The minimum absolute atomic E-state index is 0.125. The van der Waals surface area contributed by atoms with Crippen molar-refractivity contribution >= 4 is 33.6 Å². The molecule has 1 atom stereocenters. The van der Waals surface area contributed by atoms with Gasteiger partial charge < -0.3 is 10.1 Å². The third kappa shape index (κ3) is 4.22. The first kappa shape index (κ1) is 21.2. The molecular weight excluding hydrogens is 460 g/mol. The fourth-order valence-corrected chi connectivity index (χ4v) is 4.95. The number of nitrogens with one attached hydrogen (secondary N) is 2. The van der Waals surface area contributed by atoms with Gasteiger partial charge in [0, 0.05) is 16.1 Å². The summed E-state index contributed by atoms with van der Waals surface area (Å²) >= 11 is 3.38. The van der Waals surface area contributed by atoms with Crippen LogP contribution in [-0.4, -0.2) is 35.0 Å². The fourth-order valence-electron chi connectivity index (χ4n) is 4.41. The molecule has 1 aromatic rings. The van der Waals surface area contributed by atoms with Crippen LogP contribution < -0.4 is 10.7 Å². The fraction of sp³-hybridized carbons (Fsp3) is 0.571. The van der Waals surface area contributed by atoms with Crippen LogP contribution >= 0.6 is 15.9 Å². The molecule has 0 radical (unpaired) electrons. The lowest BCUT2D eigenvalue weighted by Crippen LogP contribution is -2.52. The molecule has 30 heavy (non-hydrogen) atoms. The predicted molar refractivity (Wildman–Crippen MR) is 110 cm³/mol. The van der Waals surface area contributed by atoms with E-state index in [4.69, 9.17) is 4.74 Å². The second-order valence-corrected chi connectivity index (χ2v) is 9.45. The van der Waals surface area contributed by atoms with Gasteiger partial charge in [-0.25, -0.2) is 19.0 Å². The molecule has 6 nitrogen and oxygen atoms in total. The van der Waals surface area contributed by atoms with Gasteiger partial charge in [0.1, 0.15) is 11.5 Å². The molecular formula is C21H24BrF2N3O3. The molecule has 2 fully saturated rings. The van der Waals surface area contributed by atoms with Crippen molar-refractivity contribution in [2.45, 2.75) is 69.2 Å². The first-order valence-electron chi connectivity index (χ1n) is 10.2. The number of rotatable bonds is 5. The van der Waals surface area contributed by atoms with Gasteiger partial charge in [0.25, 0.3) is 5.91 Å². The van der Waals surface area contributed by atoms with Crippen molar-refractivity contribution in [1.29, 1.82) is 0 Å². The molecule has 4 rings (SSSR count). The van der Waals surface area contributed by atoms with Crippen molar-refractivity contribution in [3.05, 3.63) is 34.1 Å². The van der Waals surface area contributed by atoms with Crippen LogP contribution in [0.15, 0.2) is 27.8 Å². The molecule has 0 saturated heterocycles. The van der Waals surface area contributed by atoms with Crippen molar-refractivity contribution < 1.29 is 23.1 Å².